The Kier molecular flexibility index (Phi) is 5.35. The number of carbonyl (C=O) groups is 3. The molecule has 23 heavy (non-hydrogen) atoms. The van der Waals surface area contributed by atoms with Gasteiger partial charge in [-0.05, 0) is 11.6 Å². The zero-order valence-electron chi connectivity index (χ0n) is 13.0. The van der Waals surface area contributed by atoms with Crippen LogP contribution in [-0.2, 0) is 25.5 Å². The standard InChI is InChI=1S/C16H19N3O4/c1-10(20)19-14(16(22)23-9-15(21)17-2)7-11-8-18-13-6-4-3-5-12(11)13/h3-6,8,14,18H,7,9H2,1-2H3,(H,17,21)(H,19,20)/t14-/m0/s1. The molecule has 0 fully saturated rings. The number of hydrogen-bond acceptors (Lipinski definition) is 4. The lowest BCUT2D eigenvalue weighted by atomic mass is 10.0. The Balaban J connectivity index is 2.13. The van der Waals surface area contributed by atoms with Crippen LogP contribution >= 0.6 is 0 Å². The van der Waals surface area contributed by atoms with Gasteiger partial charge in [0.1, 0.15) is 6.04 Å². The summed E-state index contributed by atoms with van der Waals surface area (Å²) in [7, 11) is 1.45. The van der Waals surface area contributed by atoms with Crippen molar-refractivity contribution in [3.8, 4) is 0 Å². The topological polar surface area (TPSA) is 100 Å². The quantitative estimate of drug-likeness (QED) is 0.676. The Labute approximate surface area is 133 Å². The first-order chi connectivity index (χ1) is 11.0. The second-order valence-corrected chi connectivity index (χ2v) is 5.10. The number of likely N-dealkylation sites (N-methyl/N-ethyl adjacent to an activating group) is 1. The Morgan fingerprint density at radius 1 is 1.26 bits per heavy atom. The zero-order valence-corrected chi connectivity index (χ0v) is 13.0. The molecular formula is C16H19N3O4. The maximum Gasteiger partial charge on any atom is 0.329 e. The monoisotopic (exact) mass is 317 g/mol. The smallest absolute Gasteiger partial charge is 0.329 e. The molecule has 1 heterocycles. The van der Waals surface area contributed by atoms with Crippen LogP contribution in [0.4, 0.5) is 0 Å². The van der Waals surface area contributed by atoms with Crippen molar-refractivity contribution in [2.75, 3.05) is 13.7 Å². The van der Waals surface area contributed by atoms with Crippen LogP contribution in [-0.4, -0.2) is 42.5 Å². The predicted molar refractivity (Wildman–Crippen MR) is 84.6 cm³/mol. The number of amides is 2. The van der Waals surface area contributed by atoms with Gasteiger partial charge in [0.15, 0.2) is 6.61 Å². The normalized spacial score (nSPS) is 11.7. The van der Waals surface area contributed by atoms with Gasteiger partial charge in [-0.1, -0.05) is 18.2 Å². The second kappa shape index (κ2) is 7.44. The minimum Gasteiger partial charge on any atom is -0.454 e. The number of aromatic amines is 1. The first kappa shape index (κ1) is 16.5. The number of esters is 1. The van der Waals surface area contributed by atoms with Crippen molar-refractivity contribution in [2.24, 2.45) is 0 Å². The van der Waals surface area contributed by atoms with E-state index >= 15 is 0 Å². The van der Waals surface area contributed by atoms with E-state index in [1.807, 2.05) is 24.3 Å². The molecule has 2 amide bonds. The number of aromatic nitrogens is 1. The number of benzene rings is 1. The molecule has 0 saturated carbocycles. The van der Waals surface area contributed by atoms with Crippen LogP contribution in [0.3, 0.4) is 0 Å². The summed E-state index contributed by atoms with van der Waals surface area (Å²) in [5.74, 6) is -1.40. The lowest BCUT2D eigenvalue weighted by Gasteiger charge is -2.16. The molecular weight excluding hydrogens is 298 g/mol. The van der Waals surface area contributed by atoms with Crippen molar-refractivity contribution in [1.29, 1.82) is 0 Å². The van der Waals surface area contributed by atoms with E-state index in [2.05, 4.69) is 15.6 Å². The third kappa shape index (κ3) is 4.32. The maximum atomic E-state index is 12.1. The fraction of sp³-hybridized carbons (Fsp3) is 0.312. The fourth-order valence-electron chi connectivity index (χ4n) is 2.27. The Bertz CT molecular complexity index is 723. The first-order valence-electron chi connectivity index (χ1n) is 7.20. The molecule has 1 atom stereocenters. The van der Waals surface area contributed by atoms with E-state index in [0.717, 1.165) is 16.5 Å². The van der Waals surface area contributed by atoms with Crippen LogP contribution in [0.25, 0.3) is 10.9 Å². The SMILES string of the molecule is CNC(=O)COC(=O)[C@H](Cc1c[nH]c2ccccc12)NC(C)=O. The van der Waals surface area contributed by atoms with Crippen molar-refractivity contribution in [2.45, 2.75) is 19.4 Å². The molecule has 2 rings (SSSR count). The molecule has 0 aliphatic heterocycles. The third-order valence-corrected chi connectivity index (χ3v) is 3.39. The number of ether oxygens (including phenoxy) is 1. The summed E-state index contributed by atoms with van der Waals surface area (Å²) in [4.78, 5) is 37.8. The molecule has 0 radical (unpaired) electrons. The lowest BCUT2D eigenvalue weighted by Crippen LogP contribution is -2.43. The van der Waals surface area contributed by atoms with Gasteiger partial charge in [-0.15, -0.1) is 0 Å². The molecule has 1 aromatic carbocycles. The predicted octanol–water partition coefficient (Wildman–Crippen LogP) is 0.504. The number of carbonyl (C=O) groups excluding carboxylic acids is 3. The van der Waals surface area contributed by atoms with Gasteiger partial charge in [-0.25, -0.2) is 4.79 Å². The fourth-order valence-corrected chi connectivity index (χ4v) is 2.27. The highest BCUT2D eigenvalue weighted by Gasteiger charge is 2.23. The largest absolute Gasteiger partial charge is 0.454 e. The lowest BCUT2D eigenvalue weighted by molar-refractivity contribution is -0.151. The maximum absolute atomic E-state index is 12.1. The summed E-state index contributed by atoms with van der Waals surface area (Å²) >= 11 is 0. The van der Waals surface area contributed by atoms with Crippen molar-refractivity contribution < 1.29 is 19.1 Å². The van der Waals surface area contributed by atoms with Crippen LogP contribution in [0.15, 0.2) is 30.5 Å². The summed E-state index contributed by atoms with van der Waals surface area (Å²) in [5.41, 5.74) is 1.83. The third-order valence-electron chi connectivity index (χ3n) is 3.39. The molecule has 0 aliphatic rings. The van der Waals surface area contributed by atoms with Gasteiger partial charge in [0, 0.05) is 37.5 Å². The molecule has 0 spiro atoms. The Morgan fingerprint density at radius 3 is 2.70 bits per heavy atom. The number of para-hydroxylation sites is 1. The minimum atomic E-state index is -0.851. The van der Waals surface area contributed by atoms with Crippen LogP contribution in [0, 0.1) is 0 Å². The van der Waals surface area contributed by atoms with Gasteiger partial charge in [0.2, 0.25) is 5.91 Å². The van der Waals surface area contributed by atoms with Crippen LogP contribution in [0.2, 0.25) is 0 Å². The Morgan fingerprint density at radius 2 is 2.00 bits per heavy atom. The van der Waals surface area contributed by atoms with Gasteiger partial charge in [-0.2, -0.15) is 0 Å². The number of hydrogen-bond donors (Lipinski definition) is 3. The van der Waals surface area contributed by atoms with Crippen LogP contribution in [0.1, 0.15) is 12.5 Å². The van der Waals surface area contributed by atoms with Gasteiger partial charge < -0.3 is 20.4 Å². The van der Waals surface area contributed by atoms with Gasteiger partial charge in [-0.3, -0.25) is 9.59 Å². The number of fused-ring (bicyclic) bond motifs is 1. The number of nitrogens with one attached hydrogen (secondary N) is 3. The molecule has 0 aliphatic carbocycles. The molecule has 1 aromatic heterocycles. The van der Waals surface area contributed by atoms with Gasteiger partial charge in [0.05, 0.1) is 0 Å². The summed E-state index contributed by atoms with van der Waals surface area (Å²) in [6.07, 6.45) is 2.07. The molecule has 122 valence electrons. The zero-order chi connectivity index (χ0) is 16.8. The van der Waals surface area contributed by atoms with E-state index in [4.69, 9.17) is 4.74 Å². The highest BCUT2D eigenvalue weighted by atomic mass is 16.5. The van der Waals surface area contributed by atoms with Crippen molar-refractivity contribution >= 4 is 28.7 Å². The van der Waals surface area contributed by atoms with Crippen molar-refractivity contribution in [3.05, 3.63) is 36.0 Å². The molecule has 0 bridgehead atoms. The highest BCUT2D eigenvalue weighted by molar-refractivity contribution is 5.88. The Hall–Kier alpha value is -2.83. The average molecular weight is 317 g/mol. The summed E-state index contributed by atoms with van der Waals surface area (Å²) < 4.78 is 4.94. The first-order valence-corrected chi connectivity index (χ1v) is 7.20. The van der Waals surface area contributed by atoms with Gasteiger partial charge >= 0.3 is 5.97 Å². The van der Waals surface area contributed by atoms with E-state index in [0.29, 0.717) is 0 Å². The number of H-pyrrole nitrogens is 1. The minimum absolute atomic E-state index is 0.274. The second-order valence-electron chi connectivity index (χ2n) is 5.10. The highest BCUT2D eigenvalue weighted by Crippen LogP contribution is 2.19. The summed E-state index contributed by atoms with van der Waals surface area (Å²) in [6.45, 7) is 0.952. The van der Waals surface area contributed by atoms with Crippen LogP contribution < -0.4 is 10.6 Å². The molecule has 3 N–H and O–H groups in total. The van der Waals surface area contributed by atoms with E-state index in [1.165, 1.54) is 14.0 Å². The van der Waals surface area contributed by atoms with Gasteiger partial charge in [0.25, 0.3) is 5.91 Å². The average Bonchev–Trinajstić information content (AvgIpc) is 2.94. The van der Waals surface area contributed by atoms with E-state index in [-0.39, 0.29) is 18.9 Å². The van der Waals surface area contributed by atoms with E-state index < -0.39 is 17.9 Å². The summed E-state index contributed by atoms with van der Waals surface area (Å²) in [5, 5.41) is 5.90. The molecule has 2 aromatic rings. The molecule has 7 nitrogen and oxygen atoms in total. The van der Waals surface area contributed by atoms with Crippen LogP contribution in [0.5, 0.6) is 0 Å². The molecule has 0 unspecified atom stereocenters. The van der Waals surface area contributed by atoms with Crippen molar-refractivity contribution in [1.82, 2.24) is 15.6 Å². The number of rotatable bonds is 6. The van der Waals surface area contributed by atoms with Crippen molar-refractivity contribution in [3.63, 3.8) is 0 Å². The molecule has 7 heteroatoms. The summed E-state index contributed by atoms with van der Waals surface area (Å²) in [6, 6.07) is 6.82. The molecule has 0 saturated heterocycles. The van der Waals surface area contributed by atoms with E-state index in [9.17, 15) is 14.4 Å². The van der Waals surface area contributed by atoms with E-state index in [1.54, 1.807) is 6.20 Å².